The number of carbonyl (C=O) groups excluding carboxylic acids is 1. The molecule has 0 N–H and O–H groups in total. The maximum atomic E-state index is 11.4. The van der Waals surface area contributed by atoms with E-state index in [1.165, 1.54) is 12.8 Å². The number of rotatable bonds is 6. The molecule has 15 heavy (non-hydrogen) atoms. The van der Waals surface area contributed by atoms with Gasteiger partial charge in [-0.05, 0) is 32.2 Å². The fourth-order valence-corrected chi connectivity index (χ4v) is 2.12. The van der Waals surface area contributed by atoms with Crippen molar-refractivity contribution in [1.29, 1.82) is 0 Å². The van der Waals surface area contributed by atoms with Gasteiger partial charge in [0.2, 0.25) is 0 Å². The number of ketones is 1. The second-order valence-electron chi connectivity index (χ2n) is 4.57. The van der Waals surface area contributed by atoms with Crippen LogP contribution < -0.4 is 0 Å². The van der Waals surface area contributed by atoms with Crippen LogP contribution in [0, 0.1) is 5.92 Å². The van der Waals surface area contributed by atoms with E-state index in [0.29, 0.717) is 24.7 Å². The molecular formula is C12H23NO2. The van der Waals surface area contributed by atoms with Gasteiger partial charge in [0, 0.05) is 19.6 Å². The summed E-state index contributed by atoms with van der Waals surface area (Å²) in [5.41, 5.74) is 0. The van der Waals surface area contributed by atoms with Crippen LogP contribution in [-0.4, -0.2) is 44.0 Å². The molecule has 88 valence electrons. The molecule has 0 radical (unpaired) electrons. The second kappa shape index (κ2) is 6.96. The SMILES string of the molecule is CCCC(=O)CN(C)CC1CCCOC1. The van der Waals surface area contributed by atoms with E-state index in [2.05, 4.69) is 4.90 Å². The van der Waals surface area contributed by atoms with Crippen LogP contribution >= 0.6 is 0 Å². The van der Waals surface area contributed by atoms with E-state index in [1.54, 1.807) is 0 Å². The third-order valence-electron chi connectivity index (χ3n) is 2.80. The highest BCUT2D eigenvalue weighted by molar-refractivity contribution is 5.80. The smallest absolute Gasteiger partial charge is 0.146 e. The minimum Gasteiger partial charge on any atom is -0.381 e. The van der Waals surface area contributed by atoms with Crippen molar-refractivity contribution in [3.05, 3.63) is 0 Å². The van der Waals surface area contributed by atoms with Gasteiger partial charge in [0.05, 0.1) is 13.2 Å². The van der Waals surface area contributed by atoms with Gasteiger partial charge in [0.15, 0.2) is 0 Å². The van der Waals surface area contributed by atoms with Gasteiger partial charge in [0.1, 0.15) is 5.78 Å². The zero-order chi connectivity index (χ0) is 11.1. The molecule has 1 aliphatic heterocycles. The lowest BCUT2D eigenvalue weighted by Gasteiger charge is -2.26. The summed E-state index contributed by atoms with van der Waals surface area (Å²) in [5, 5.41) is 0. The van der Waals surface area contributed by atoms with Gasteiger partial charge in [-0.2, -0.15) is 0 Å². The molecule has 0 bridgehead atoms. The van der Waals surface area contributed by atoms with Crippen molar-refractivity contribution in [2.24, 2.45) is 5.92 Å². The Kier molecular flexibility index (Phi) is 5.88. The van der Waals surface area contributed by atoms with Crippen molar-refractivity contribution >= 4 is 5.78 Å². The summed E-state index contributed by atoms with van der Waals surface area (Å²) in [6.45, 7) is 5.42. The zero-order valence-corrected chi connectivity index (χ0v) is 10.00. The Morgan fingerprint density at radius 1 is 1.53 bits per heavy atom. The molecule has 1 aliphatic rings. The van der Waals surface area contributed by atoms with E-state index in [1.807, 2.05) is 14.0 Å². The molecule has 1 heterocycles. The van der Waals surface area contributed by atoms with Crippen LogP contribution in [0.2, 0.25) is 0 Å². The summed E-state index contributed by atoms with van der Waals surface area (Å²) in [7, 11) is 2.03. The van der Waals surface area contributed by atoms with Gasteiger partial charge in [-0.15, -0.1) is 0 Å². The minimum absolute atomic E-state index is 0.358. The van der Waals surface area contributed by atoms with Crippen LogP contribution in [0.1, 0.15) is 32.6 Å². The quantitative estimate of drug-likeness (QED) is 0.673. The largest absolute Gasteiger partial charge is 0.381 e. The summed E-state index contributed by atoms with van der Waals surface area (Å²) in [6.07, 6.45) is 4.08. The Hall–Kier alpha value is -0.410. The Labute approximate surface area is 92.8 Å². The molecule has 0 aliphatic carbocycles. The van der Waals surface area contributed by atoms with Gasteiger partial charge < -0.3 is 4.74 Å². The zero-order valence-electron chi connectivity index (χ0n) is 10.00. The van der Waals surface area contributed by atoms with Gasteiger partial charge in [0.25, 0.3) is 0 Å². The predicted molar refractivity (Wildman–Crippen MR) is 61.0 cm³/mol. The monoisotopic (exact) mass is 213 g/mol. The van der Waals surface area contributed by atoms with E-state index in [0.717, 1.165) is 26.2 Å². The van der Waals surface area contributed by atoms with E-state index < -0.39 is 0 Å². The fraction of sp³-hybridized carbons (Fsp3) is 0.917. The van der Waals surface area contributed by atoms with Crippen molar-refractivity contribution in [2.45, 2.75) is 32.6 Å². The number of likely N-dealkylation sites (N-methyl/N-ethyl adjacent to an activating group) is 1. The van der Waals surface area contributed by atoms with Crippen molar-refractivity contribution in [1.82, 2.24) is 4.90 Å². The minimum atomic E-state index is 0.358. The Morgan fingerprint density at radius 2 is 2.33 bits per heavy atom. The van der Waals surface area contributed by atoms with Crippen LogP contribution in [0.5, 0.6) is 0 Å². The highest BCUT2D eigenvalue weighted by Gasteiger charge is 2.16. The maximum Gasteiger partial charge on any atom is 0.146 e. The fourth-order valence-electron chi connectivity index (χ4n) is 2.12. The number of hydrogen-bond acceptors (Lipinski definition) is 3. The number of ether oxygens (including phenoxy) is 1. The lowest BCUT2D eigenvalue weighted by Crippen LogP contribution is -2.34. The van der Waals surface area contributed by atoms with Gasteiger partial charge >= 0.3 is 0 Å². The third-order valence-corrected chi connectivity index (χ3v) is 2.80. The Balaban J connectivity index is 2.16. The van der Waals surface area contributed by atoms with Crippen molar-refractivity contribution in [3.8, 4) is 0 Å². The molecule has 3 nitrogen and oxygen atoms in total. The number of hydrogen-bond donors (Lipinski definition) is 0. The van der Waals surface area contributed by atoms with E-state index in [9.17, 15) is 4.79 Å². The topological polar surface area (TPSA) is 29.5 Å². The van der Waals surface area contributed by atoms with E-state index in [4.69, 9.17) is 4.74 Å². The summed E-state index contributed by atoms with van der Waals surface area (Å²) < 4.78 is 5.42. The molecule has 0 saturated carbocycles. The average molecular weight is 213 g/mol. The molecule has 1 saturated heterocycles. The second-order valence-corrected chi connectivity index (χ2v) is 4.57. The molecule has 0 amide bonds. The van der Waals surface area contributed by atoms with Crippen LogP contribution in [0.4, 0.5) is 0 Å². The summed E-state index contributed by atoms with van der Waals surface area (Å²) >= 11 is 0. The number of carbonyl (C=O) groups is 1. The molecule has 0 spiro atoms. The molecule has 0 aromatic carbocycles. The first-order valence-corrected chi connectivity index (χ1v) is 6.00. The summed E-state index contributed by atoms with van der Waals surface area (Å²) in [6, 6.07) is 0. The maximum absolute atomic E-state index is 11.4. The molecule has 1 fully saturated rings. The van der Waals surface area contributed by atoms with Crippen LogP contribution in [0.15, 0.2) is 0 Å². The molecule has 1 atom stereocenters. The third kappa shape index (κ3) is 5.28. The van der Waals surface area contributed by atoms with E-state index in [-0.39, 0.29) is 0 Å². The highest BCUT2D eigenvalue weighted by Crippen LogP contribution is 2.14. The Morgan fingerprint density at radius 3 is 2.93 bits per heavy atom. The van der Waals surface area contributed by atoms with Crippen LogP contribution in [0.25, 0.3) is 0 Å². The molecule has 0 aromatic heterocycles. The molecule has 1 rings (SSSR count). The van der Waals surface area contributed by atoms with Gasteiger partial charge in [-0.3, -0.25) is 9.69 Å². The van der Waals surface area contributed by atoms with Crippen LogP contribution in [0.3, 0.4) is 0 Å². The van der Waals surface area contributed by atoms with Crippen molar-refractivity contribution in [3.63, 3.8) is 0 Å². The van der Waals surface area contributed by atoms with Gasteiger partial charge in [-0.25, -0.2) is 0 Å². The Bertz CT molecular complexity index is 188. The molecule has 0 aromatic rings. The molecular weight excluding hydrogens is 190 g/mol. The summed E-state index contributed by atoms with van der Waals surface area (Å²) in [5.74, 6) is 0.981. The lowest BCUT2D eigenvalue weighted by atomic mass is 10.0. The normalized spacial score (nSPS) is 21.9. The van der Waals surface area contributed by atoms with Gasteiger partial charge in [-0.1, -0.05) is 6.92 Å². The lowest BCUT2D eigenvalue weighted by molar-refractivity contribution is -0.120. The first kappa shape index (κ1) is 12.7. The van der Waals surface area contributed by atoms with Crippen molar-refractivity contribution < 1.29 is 9.53 Å². The first-order valence-electron chi connectivity index (χ1n) is 6.00. The molecule has 1 unspecified atom stereocenters. The first-order chi connectivity index (χ1) is 7.22. The van der Waals surface area contributed by atoms with Crippen LogP contribution in [-0.2, 0) is 9.53 Å². The standard InChI is InChI=1S/C12H23NO2/c1-3-5-12(14)9-13(2)8-11-6-4-7-15-10-11/h11H,3-10H2,1-2H3. The van der Waals surface area contributed by atoms with E-state index >= 15 is 0 Å². The average Bonchev–Trinajstić information content (AvgIpc) is 2.19. The number of Topliss-reactive ketones (excluding diaryl/α,β-unsaturated/α-hetero) is 1. The highest BCUT2D eigenvalue weighted by atomic mass is 16.5. The summed E-state index contributed by atoms with van der Waals surface area (Å²) in [4.78, 5) is 13.6. The van der Waals surface area contributed by atoms with Crippen molar-refractivity contribution in [2.75, 3.05) is 33.4 Å². The number of nitrogens with zero attached hydrogens (tertiary/aromatic N) is 1. The predicted octanol–water partition coefficient (Wildman–Crippen LogP) is 1.71. The molecule has 3 heteroatoms.